The Balaban J connectivity index is 3.07. The summed E-state index contributed by atoms with van der Waals surface area (Å²) in [6, 6.07) is 8.36. The van der Waals surface area contributed by atoms with Gasteiger partial charge in [-0.05, 0) is 17.7 Å². The quantitative estimate of drug-likeness (QED) is 0.784. The first-order valence-electron chi connectivity index (χ1n) is 5.16. The van der Waals surface area contributed by atoms with Crippen LogP contribution >= 0.6 is 0 Å². The number of halogens is 3. The SMILES string of the molecule is C=CCC(C#N)(C#N)c1ccc(OC(F)(F)F)cc1. The number of hydrogen-bond acceptors (Lipinski definition) is 3. The predicted molar refractivity (Wildman–Crippen MR) is 60.8 cm³/mol. The van der Waals surface area contributed by atoms with Crippen LogP contribution in [0, 0.1) is 22.7 Å². The standard InChI is InChI=1S/C13H9F3N2O/c1-2-7-12(8-17,9-18)10-3-5-11(6-4-10)19-13(14,15)16/h2-6H,1,7H2. The highest BCUT2D eigenvalue weighted by molar-refractivity contribution is 5.43. The molecular formula is C13H9F3N2O. The number of rotatable bonds is 4. The Hall–Kier alpha value is -2.47. The van der Waals surface area contributed by atoms with Gasteiger partial charge < -0.3 is 4.74 Å². The second-order valence-electron chi connectivity index (χ2n) is 3.69. The summed E-state index contributed by atoms with van der Waals surface area (Å²) in [6.07, 6.45) is -3.28. The molecule has 6 heteroatoms. The number of allylic oxidation sites excluding steroid dienone is 1. The van der Waals surface area contributed by atoms with Crippen LogP contribution in [-0.4, -0.2) is 6.36 Å². The molecule has 0 aliphatic heterocycles. The zero-order valence-electron chi connectivity index (χ0n) is 9.74. The summed E-state index contributed by atoms with van der Waals surface area (Å²) in [6.45, 7) is 3.46. The molecule has 0 unspecified atom stereocenters. The van der Waals surface area contributed by atoms with Gasteiger partial charge in [0.1, 0.15) is 5.75 Å². The number of nitrogens with zero attached hydrogens (tertiary/aromatic N) is 2. The van der Waals surface area contributed by atoms with Crippen LogP contribution in [0.15, 0.2) is 36.9 Å². The Morgan fingerprint density at radius 1 is 1.16 bits per heavy atom. The molecule has 0 bridgehead atoms. The predicted octanol–water partition coefficient (Wildman–Crippen LogP) is 3.45. The Morgan fingerprint density at radius 3 is 2.05 bits per heavy atom. The topological polar surface area (TPSA) is 56.8 Å². The van der Waals surface area contributed by atoms with Crippen LogP contribution in [-0.2, 0) is 5.41 Å². The zero-order valence-corrected chi connectivity index (χ0v) is 9.74. The van der Waals surface area contributed by atoms with E-state index >= 15 is 0 Å². The minimum atomic E-state index is -4.77. The lowest BCUT2D eigenvalue weighted by Crippen LogP contribution is -2.21. The molecular weight excluding hydrogens is 257 g/mol. The molecule has 0 spiro atoms. The molecule has 0 saturated carbocycles. The number of alkyl halides is 3. The first-order chi connectivity index (χ1) is 8.87. The number of benzene rings is 1. The molecule has 1 aromatic rings. The molecule has 1 rings (SSSR count). The summed E-state index contributed by atoms with van der Waals surface area (Å²) in [5.41, 5.74) is -1.15. The van der Waals surface area contributed by atoms with Crippen molar-refractivity contribution in [3.8, 4) is 17.9 Å². The Morgan fingerprint density at radius 2 is 1.68 bits per heavy atom. The van der Waals surface area contributed by atoms with E-state index < -0.39 is 17.5 Å². The van der Waals surface area contributed by atoms with Gasteiger partial charge in [0.2, 0.25) is 0 Å². The molecule has 1 aromatic carbocycles. The Kier molecular flexibility index (Phi) is 4.18. The third-order valence-corrected chi connectivity index (χ3v) is 2.41. The van der Waals surface area contributed by atoms with Crippen molar-refractivity contribution < 1.29 is 17.9 Å². The van der Waals surface area contributed by atoms with Crippen molar-refractivity contribution in [1.29, 1.82) is 10.5 Å². The van der Waals surface area contributed by atoms with Crippen LogP contribution in [0.1, 0.15) is 12.0 Å². The van der Waals surface area contributed by atoms with E-state index in [2.05, 4.69) is 11.3 Å². The van der Waals surface area contributed by atoms with E-state index in [-0.39, 0.29) is 6.42 Å². The highest BCUT2D eigenvalue weighted by Gasteiger charge is 2.33. The second-order valence-corrected chi connectivity index (χ2v) is 3.69. The summed E-state index contributed by atoms with van der Waals surface area (Å²) in [5.74, 6) is -0.403. The summed E-state index contributed by atoms with van der Waals surface area (Å²) in [4.78, 5) is 0. The molecule has 0 atom stereocenters. The van der Waals surface area contributed by atoms with E-state index in [1.165, 1.54) is 18.2 Å². The van der Waals surface area contributed by atoms with Crippen molar-refractivity contribution in [2.45, 2.75) is 18.2 Å². The molecule has 0 aliphatic carbocycles. The first-order valence-corrected chi connectivity index (χ1v) is 5.16. The van der Waals surface area contributed by atoms with E-state index in [9.17, 15) is 13.2 Å². The van der Waals surface area contributed by atoms with Crippen molar-refractivity contribution in [2.24, 2.45) is 0 Å². The summed E-state index contributed by atoms with van der Waals surface area (Å²) in [7, 11) is 0. The van der Waals surface area contributed by atoms with Gasteiger partial charge in [-0.1, -0.05) is 18.2 Å². The molecule has 0 fully saturated rings. The molecule has 0 saturated heterocycles. The lowest BCUT2D eigenvalue weighted by atomic mass is 9.80. The van der Waals surface area contributed by atoms with Crippen LogP contribution in [0.2, 0.25) is 0 Å². The summed E-state index contributed by atoms with van der Waals surface area (Å²) >= 11 is 0. The smallest absolute Gasteiger partial charge is 0.406 e. The van der Waals surface area contributed by atoms with Crippen molar-refractivity contribution in [2.75, 3.05) is 0 Å². The lowest BCUT2D eigenvalue weighted by Gasteiger charge is -2.17. The fourth-order valence-electron chi connectivity index (χ4n) is 1.52. The average Bonchev–Trinajstić information content (AvgIpc) is 2.35. The third kappa shape index (κ3) is 3.49. The van der Waals surface area contributed by atoms with Gasteiger partial charge in [-0.15, -0.1) is 19.8 Å². The minimum Gasteiger partial charge on any atom is -0.406 e. The van der Waals surface area contributed by atoms with Crippen LogP contribution in [0.25, 0.3) is 0 Å². The normalized spacial score (nSPS) is 11.2. The van der Waals surface area contributed by atoms with E-state index in [0.29, 0.717) is 5.56 Å². The van der Waals surface area contributed by atoms with Crippen LogP contribution in [0.3, 0.4) is 0 Å². The van der Waals surface area contributed by atoms with E-state index in [1.54, 1.807) is 0 Å². The maximum Gasteiger partial charge on any atom is 0.573 e. The second kappa shape index (κ2) is 5.45. The monoisotopic (exact) mass is 266 g/mol. The van der Waals surface area contributed by atoms with Crippen molar-refractivity contribution >= 4 is 0 Å². The molecule has 0 aromatic heterocycles. The largest absolute Gasteiger partial charge is 0.573 e. The highest BCUT2D eigenvalue weighted by Crippen LogP contribution is 2.30. The minimum absolute atomic E-state index is 0.0828. The molecule has 98 valence electrons. The maximum atomic E-state index is 12.0. The first kappa shape index (κ1) is 14.6. The van der Waals surface area contributed by atoms with Crippen molar-refractivity contribution in [3.63, 3.8) is 0 Å². The van der Waals surface area contributed by atoms with Gasteiger partial charge in [-0.2, -0.15) is 10.5 Å². The lowest BCUT2D eigenvalue weighted by molar-refractivity contribution is -0.274. The third-order valence-electron chi connectivity index (χ3n) is 2.41. The Labute approximate surface area is 108 Å². The van der Waals surface area contributed by atoms with Gasteiger partial charge in [0.15, 0.2) is 5.41 Å². The van der Waals surface area contributed by atoms with Crippen molar-refractivity contribution in [1.82, 2.24) is 0 Å². The molecule has 19 heavy (non-hydrogen) atoms. The Bertz CT molecular complexity index is 521. The molecule has 0 radical (unpaired) electrons. The van der Waals surface area contributed by atoms with Gasteiger partial charge in [-0.25, -0.2) is 0 Å². The van der Waals surface area contributed by atoms with E-state index in [1.807, 2.05) is 12.1 Å². The molecule has 0 amide bonds. The fourth-order valence-corrected chi connectivity index (χ4v) is 1.52. The molecule has 3 nitrogen and oxygen atoms in total. The van der Waals surface area contributed by atoms with Gasteiger partial charge in [0, 0.05) is 6.42 Å². The molecule has 0 N–H and O–H groups in total. The molecule has 0 heterocycles. The number of hydrogen-bond donors (Lipinski definition) is 0. The van der Waals surface area contributed by atoms with Gasteiger partial charge in [-0.3, -0.25) is 0 Å². The average molecular weight is 266 g/mol. The maximum absolute atomic E-state index is 12.0. The number of ether oxygens (including phenoxy) is 1. The summed E-state index contributed by atoms with van der Waals surface area (Å²) < 4.78 is 39.7. The van der Waals surface area contributed by atoms with Crippen molar-refractivity contribution in [3.05, 3.63) is 42.5 Å². The summed E-state index contributed by atoms with van der Waals surface area (Å²) in [5, 5.41) is 18.2. The van der Waals surface area contributed by atoms with E-state index in [0.717, 1.165) is 12.1 Å². The number of nitriles is 2. The van der Waals surface area contributed by atoms with Crippen LogP contribution in [0.5, 0.6) is 5.75 Å². The van der Waals surface area contributed by atoms with Gasteiger partial charge in [0.05, 0.1) is 12.1 Å². The fraction of sp³-hybridized carbons (Fsp3) is 0.231. The van der Waals surface area contributed by atoms with Gasteiger partial charge in [0.25, 0.3) is 0 Å². The van der Waals surface area contributed by atoms with Gasteiger partial charge >= 0.3 is 6.36 Å². The highest BCUT2D eigenvalue weighted by atomic mass is 19.4. The van der Waals surface area contributed by atoms with Crippen LogP contribution in [0.4, 0.5) is 13.2 Å². The van der Waals surface area contributed by atoms with E-state index in [4.69, 9.17) is 10.5 Å². The molecule has 0 aliphatic rings. The van der Waals surface area contributed by atoms with Crippen LogP contribution < -0.4 is 4.74 Å². The zero-order chi connectivity index (χ0) is 14.5.